The number of hydrogen-bond donors (Lipinski definition) is 0. The summed E-state index contributed by atoms with van der Waals surface area (Å²) in [6.45, 7) is 4.25. The molecule has 5 nitrogen and oxygen atoms in total. The zero-order valence-electron chi connectivity index (χ0n) is 19.4. The van der Waals surface area contributed by atoms with Crippen molar-refractivity contribution in [1.29, 1.82) is 0 Å². The van der Waals surface area contributed by atoms with Crippen LogP contribution in [0.3, 0.4) is 0 Å². The first-order valence-corrected chi connectivity index (χ1v) is 12.4. The van der Waals surface area contributed by atoms with Gasteiger partial charge in [0.25, 0.3) is 5.91 Å². The Hall–Kier alpha value is -2.89. The molecule has 4 aromatic rings. The van der Waals surface area contributed by atoms with Gasteiger partial charge in [-0.1, -0.05) is 43.1 Å². The molecule has 3 heterocycles. The van der Waals surface area contributed by atoms with Gasteiger partial charge in [-0.25, -0.2) is 0 Å². The van der Waals surface area contributed by atoms with E-state index in [0.717, 1.165) is 47.1 Å². The first-order valence-electron chi connectivity index (χ1n) is 11.6. The lowest BCUT2D eigenvalue weighted by atomic mass is 9.87. The van der Waals surface area contributed by atoms with E-state index in [1.54, 1.807) is 12.3 Å². The third kappa shape index (κ3) is 3.87. The molecule has 0 N–H and O–H groups in total. The lowest BCUT2D eigenvalue weighted by Gasteiger charge is -2.41. The monoisotopic (exact) mass is 492 g/mol. The van der Waals surface area contributed by atoms with Crippen molar-refractivity contribution in [2.75, 3.05) is 0 Å². The molecule has 174 valence electrons. The zero-order valence-corrected chi connectivity index (χ0v) is 20.9. The maximum Gasteiger partial charge on any atom is 0.254 e. The van der Waals surface area contributed by atoms with Crippen LogP contribution in [0.1, 0.15) is 54.3 Å². The third-order valence-corrected chi connectivity index (χ3v) is 7.18. The zero-order chi connectivity index (χ0) is 24.0. The van der Waals surface area contributed by atoms with Gasteiger partial charge in [0.1, 0.15) is 0 Å². The van der Waals surface area contributed by atoms with E-state index >= 15 is 0 Å². The van der Waals surface area contributed by atoms with Gasteiger partial charge in [-0.2, -0.15) is 5.10 Å². The van der Waals surface area contributed by atoms with Crippen LogP contribution in [0, 0.1) is 0 Å². The molecule has 0 aliphatic carbocycles. The van der Waals surface area contributed by atoms with Crippen molar-refractivity contribution in [3.63, 3.8) is 0 Å². The number of aryl methyl sites for hydroxylation is 1. The highest BCUT2D eigenvalue weighted by molar-refractivity contribution is 6.35. The van der Waals surface area contributed by atoms with Gasteiger partial charge in [-0.05, 0) is 61.7 Å². The first kappa shape index (κ1) is 22.9. The van der Waals surface area contributed by atoms with Crippen LogP contribution in [0.5, 0.6) is 0 Å². The summed E-state index contributed by atoms with van der Waals surface area (Å²) in [6.07, 6.45) is 4.12. The third-order valence-electron chi connectivity index (χ3n) is 6.74. The highest BCUT2D eigenvalue weighted by atomic mass is 35.5. The van der Waals surface area contributed by atoms with Crippen LogP contribution in [-0.4, -0.2) is 31.6 Å². The molecule has 0 bridgehead atoms. The van der Waals surface area contributed by atoms with Crippen molar-refractivity contribution in [3.8, 4) is 11.3 Å². The van der Waals surface area contributed by atoms with E-state index in [9.17, 15) is 4.79 Å². The number of nitrogens with zero attached hydrogens (tertiary/aromatic N) is 4. The van der Waals surface area contributed by atoms with Gasteiger partial charge in [0.05, 0.1) is 22.9 Å². The minimum atomic E-state index is -0.111. The summed E-state index contributed by atoms with van der Waals surface area (Å²) in [6, 6.07) is 15.2. The van der Waals surface area contributed by atoms with E-state index in [-0.39, 0.29) is 18.0 Å². The molecule has 2 aromatic carbocycles. The second kappa shape index (κ2) is 9.05. The Morgan fingerprint density at radius 1 is 1.06 bits per heavy atom. The molecule has 7 heteroatoms. The smallest absolute Gasteiger partial charge is 0.254 e. The molecule has 0 radical (unpaired) electrons. The molecule has 1 amide bonds. The first-order chi connectivity index (χ1) is 16.4. The van der Waals surface area contributed by atoms with Crippen LogP contribution < -0.4 is 0 Å². The lowest BCUT2D eigenvalue weighted by molar-refractivity contribution is 0.0513. The van der Waals surface area contributed by atoms with Crippen molar-refractivity contribution < 1.29 is 4.79 Å². The Kier molecular flexibility index (Phi) is 6.09. The maximum atomic E-state index is 13.9. The van der Waals surface area contributed by atoms with Gasteiger partial charge in [-0.3, -0.25) is 14.5 Å². The van der Waals surface area contributed by atoms with Crippen LogP contribution in [0.15, 0.2) is 54.7 Å². The van der Waals surface area contributed by atoms with Crippen LogP contribution >= 0.6 is 23.2 Å². The van der Waals surface area contributed by atoms with Crippen molar-refractivity contribution in [3.05, 3.63) is 81.6 Å². The van der Waals surface area contributed by atoms with Gasteiger partial charge < -0.3 is 4.90 Å². The summed E-state index contributed by atoms with van der Waals surface area (Å²) < 4.78 is 1.90. The standard InChI is InChI=1S/C27H26Cl2N4O/c1-4-21-15-22-25(31-32(3)26(22)18-12-19(28)14-20(29)13-18)24(5-2)33(21)27(34)17-8-9-23-16(11-17)7-6-10-30-23/h6-14,21,24H,4-5,15H2,1-3H3. The Morgan fingerprint density at radius 3 is 2.53 bits per heavy atom. The average molecular weight is 493 g/mol. The fourth-order valence-electron chi connectivity index (χ4n) is 5.23. The number of hydrogen-bond acceptors (Lipinski definition) is 3. The van der Waals surface area contributed by atoms with Crippen LogP contribution in [0.4, 0.5) is 0 Å². The minimum Gasteiger partial charge on any atom is -0.327 e. The van der Waals surface area contributed by atoms with Gasteiger partial charge in [0.15, 0.2) is 0 Å². The highest BCUT2D eigenvalue weighted by Gasteiger charge is 2.40. The fourth-order valence-corrected chi connectivity index (χ4v) is 5.75. The molecule has 34 heavy (non-hydrogen) atoms. The molecule has 0 spiro atoms. The number of fused-ring (bicyclic) bond motifs is 2. The molecule has 1 aliphatic rings. The van der Waals surface area contributed by atoms with E-state index < -0.39 is 0 Å². The largest absolute Gasteiger partial charge is 0.327 e. The summed E-state index contributed by atoms with van der Waals surface area (Å²) >= 11 is 12.6. The Labute approximate surface area is 209 Å². The van der Waals surface area contributed by atoms with Crippen molar-refractivity contribution in [2.24, 2.45) is 7.05 Å². The molecule has 0 saturated carbocycles. The molecule has 1 aliphatic heterocycles. The van der Waals surface area contributed by atoms with Crippen LogP contribution in [-0.2, 0) is 13.5 Å². The van der Waals surface area contributed by atoms with Gasteiger partial charge in [0, 0.05) is 51.4 Å². The molecule has 2 atom stereocenters. The summed E-state index contributed by atoms with van der Waals surface area (Å²) in [4.78, 5) is 20.3. The van der Waals surface area contributed by atoms with Gasteiger partial charge in [0.2, 0.25) is 0 Å². The number of benzene rings is 2. The molecular formula is C27H26Cl2N4O. The number of halogens is 2. The number of carbonyl (C=O) groups excluding carboxylic acids is 1. The van der Waals surface area contributed by atoms with Crippen molar-refractivity contribution >= 4 is 40.0 Å². The lowest BCUT2D eigenvalue weighted by Crippen LogP contribution is -2.47. The number of aromatic nitrogens is 3. The van der Waals surface area contributed by atoms with E-state index in [1.807, 2.05) is 59.1 Å². The van der Waals surface area contributed by atoms with E-state index in [1.165, 1.54) is 5.56 Å². The van der Waals surface area contributed by atoms with E-state index in [2.05, 4.69) is 18.8 Å². The molecular weight excluding hydrogens is 467 g/mol. The maximum absolute atomic E-state index is 13.9. The second-order valence-electron chi connectivity index (χ2n) is 8.81. The number of pyridine rings is 1. The fraction of sp³-hybridized carbons (Fsp3) is 0.296. The summed E-state index contributed by atoms with van der Waals surface area (Å²) in [5.74, 6) is 0.0353. The second-order valence-corrected chi connectivity index (χ2v) is 9.68. The molecule has 2 aromatic heterocycles. The van der Waals surface area contributed by atoms with Crippen molar-refractivity contribution in [1.82, 2.24) is 19.7 Å². The molecule has 0 saturated heterocycles. The molecule has 0 fully saturated rings. The minimum absolute atomic E-state index is 0.0353. The topological polar surface area (TPSA) is 51.0 Å². The Bertz CT molecular complexity index is 1380. The van der Waals surface area contributed by atoms with Crippen molar-refractivity contribution in [2.45, 2.75) is 45.2 Å². The number of carbonyl (C=O) groups is 1. The predicted octanol–water partition coefficient (Wildman–Crippen LogP) is 6.87. The van der Waals surface area contributed by atoms with Gasteiger partial charge in [-0.15, -0.1) is 0 Å². The number of amides is 1. The average Bonchev–Trinajstić information content (AvgIpc) is 3.16. The highest BCUT2D eigenvalue weighted by Crippen LogP contribution is 2.42. The molecule has 5 rings (SSSR count). The van der Waals surface area contributed by atoms with Crippen LogP contribution in [0.25, 0.3) is 22.2 Å². The summed E-state index contributed by atoms with van der Waals surface area (Å²) in [5.41, 5.74) is 5.65. The number of rotatable bonds is 4. The molecule has 2 unspecified atom stereocenters. The summed E-state index contributed by atoms with van der Waals surface area (Å²) in [5, 5.41) is 7.06. The normalized spacial score (nSPS) is 17.7. The van der Waals surface area contributed by atoms with E-state index in [0.29, 0.717) is 15.6 Å². The van der Waals surface area contributed by atoms with Gasteiger partial charge >= 0.3 is 0 Å². The van der Waals surface area contributed by atoms with Crippen LogP contribution in [0.2, 0.25) is 10.0 Å². The van der Waals surface area contributed by atoms with E-state index in [4.69, 9.17) is 28.3 Å². The Balaban J connectivity index is 1.60. The SMILES string of the molecule is CCC1Cc2c(nn(C)c2-c2cc(Cl)cc(Cl)c2)C(CC)N1C(=O)c1ccc2ncccc2c1. The quantitative estimate of drug-likeness (QED) is 0.312. The predicted molar refractivity (Wildman–Crippen MR) is 137 cm³/mol. The Morgan fingerprint density at radius 2 is 1.82 bits per heavy atom. The summed E-state index contributed by atoms with van der Waals surface area (Å²) in [7, 11) is 1.94.